The van der Waals surface area contributed by atoms with Crippen LogP contribution in [0.4, 0.5) is 4.79 Å². The van der Waals surface area contributed by atoms with Crippen LogP contribution in [-0.4, -0.2) is 37.0 Å². The fourth-order valence-corrected chi connectivity index (χ4v) is 2.70. The maximum absolute atomic E-state index is 12.3. The van der Waals surface area contributed by atoms with Crippen molar-refractivity contribution in [3.63, 3.8) is 0 Å². The molecule has 0 bridgehead atoms. The lowest BCUT2D eigenvalue weighted by Crippen LogP contribution is -2.52. The first-order chi connectivity index (χ1) is 10.9. The van der Waals surface area contributed by atoms with Crippen LogP contribution in [-0.2, 0) is 19.6 Å². The third-order valence-electron chi connectivity index (χ3n) is 2.80. The van der Waals surface area contributed by atoms with Gasteiger partial charge in [0, 0.05) is 12.4 Å². The van der Waals surface area contributed by atoms with Gasteiger partial charge in [-0.2, -0.15) is 0 Å². The highest BCUT2D eigenvalue weighted by atomic mass is 32.2. The first-order valence-corrected chi connectivity index (χ1v) is 8.87. The molecule has 1 heterocycles. The molecule has 0 aliphatic rings. The van der Waals surface area contributed by atoms with E-state index >= 15 is 0 Å². The number of carbonyl (C=O) groups excluding carboxylic acids is 2. The topological polar surface area (TPSA) is 114 Å². The second-order valence-corrected chi connectivity index (χ2v) is 8.21. The first kappa shape index (κ1) is 19.9. The number of sulfonamides is 1. The monoisotopic (exact) mass is 357 g/mol. The van der Waals surface area contributed by atoms with Crippen molar-refractivity contribution in [1.29, 1.82) is 0 Å². The maximum atomic E-state index is 12.3. The lowest BCUT2D eigenvalue weighted by molar-refractivity contribution is -0.122. The van der Waals surface area contributed by atoms with E-state index in [4.69, 9.17) is 4.74 Å². The molecule has 1 aromatic heterocycles. The summed E-state index contributed by atoms with van der Waals surface area (Å²) in [6.07, 6.45) is 1.75. The van der Waals surface area contributed by atoms with Crippen molar-refractivity contribution in [2.75, 3.05) is 0 Å². The number of amides is 2. The van der Waals surface area contributed by atoms with E-state index < -0.39 is 33.7 Å². The molecule has 0 radical (unpaired) electrons. The van der Waals surface area contributed by atoms with Gasteiger partial charge in [-0.05, 0) is 38.8 Å². The summed E-state index contributed by atoms with van der Waals surface area (Å²) in [7, 11) is -4.06. The van der Waals surface area contributed by atoms with E-state index in [-0.39, 0.29) is 10.8 Å². The molecule has 2 N–H and O–H groups in total. The zero-order valence-corrected chi connectivity index (χ0v) is 15.2. The van der Waals surface area contributed by atoms with Crippen molar-refractivity contribution in [1.82, 2.24) is 15.0 Å². The van der Waals surface area contributed by atoms with Crippen LogP contribution in [0.3, 0.4) is 0 Å². The Bertz CT molecular complexity index is 681. The number of hydrogen-bond acceptors (Lipinski definition) is 6. The van der Waals surface area contributed by atoms with Gasteiger partial charge in [-0.3, -0.25) is 9.78 Å². The zero-order chi connectivity index (χ0) is 18.5. The predicted octanol–water partition coefficient (Wildman–Crippen LogP) is 1.44. The number of nitrogens with zero attached hydrogens (tertiary/aromatic N) is 1. The molecule has 0 aliphatic carbocycles. The lowest BCUT2D eigenvalue weighted by atomic mass is 10.0. The average Bonchev–Trinajstić information content (AvgIpc) is 2.43. The van der Waals surface area contributed by atoms with Crippen molar-refractivity contribution in [2.24, 2.45) is 5.92 Å². The van der Waals surface area contributed by atoms with Crippen molar-refractivity contribution in [3.05, 3.63) is 24.5 Å². The van der Waals surface area contributed by atoms with Gasteiger partial charge in [0.25, 0.3) is 15.9 Å². The largest absolute Gasteiger partial charge is 0.444 e. The molecular formula is C15H23N3O5S. The second kappa shape index (κ2) is 7.61. The average molecular weight is 357 g/mol. The van der Waals surface area contributed by atoms with Crippen LogP contribution in [0.15, 0.2) is 29.4 Å². The van der Waals surface area contributed by atoms with Crippen LogP contribution in [0, 0.1) is 5.92 Å². The molecule has 134 valence electrons. The van der Waals surface area contributed by atoms with Crippen LogP contribution < -0.4 is 10.0 Å². The standard InChI is InChI=1S/C15H23N3O5S/c1-10(2)12(17-14(20)23-15(3,4)5)13(19)18-24(21,22)11-7-6-8-16-9-11/h6-10,12H,1-5H3,(H,17,20)(H,18,19). The minimum Gasteiger partial charge on any atom is -0.444 e. The van der Waals surface area contributed by atoms with E-state index in [1.807, 2.05) is 4.72 Å². The van der Waals surface area contributed by atoms with Gasteiger partial charge < -0.3 is 10.1 Å². The molecule has 1 rings (SSSR count). The fourth-order valence-electron chi connectivity index (χ4n) is 1.73. The van der Waals surface area contributed by atoms with Crippen LogP contribution in [0.1, 0.15) is 34.6 Å². The molecule has 1 aromatic rings. The van der Waals surface area contributed by atoms with Gasteiger partial charge in [0.1, 0.15) is 16.5 Å². The van der Waals surface area contributed by atoms with Gasteiger partial charge in [0.2, 0.25) is 0 Å². The van der Waals surface area contributed by atoms with Gasteiger partial charge >= 0.3 is 6.09 Å². The summed E-state index contributed by atoms with van der Waals surface area (Å²) < 4.78 is 31.4. The molecule has 0 fully saturated rings. The number of nitrogens with one attached hydrogen (secondary N) is 2. The van der Waals surface area contributed by atoms with E-state index in [0.717, 1.165) is 6.20 Å². The van der Waals surface area contributed by atoms with E-state index in [1.54, 1.807) is 34.6 Å². The second-order valence-electron chi connectivity index (χ2n) is 6.53. The summed E-state index contributed by atoms with van der Waals surface area (Å²) in [5, 5.41) is 2.39. The minimum atomic E-state index is -4.06. The molecule has 1 atom stereocenters. The molecule has 0 aromatic carbocycles. The summed E-state index contributed by atoms with van der Waals surface area (Å²) in [4.78, 5) is 27.7. The number of ether oxygens (including phenoxy) is 1. The molecule has 0 spiro atoms. The Morgan fingerprint density at radius 3 is 2.33 bits per heavy atom. The Morgan fingerprint density at radius 2 is 1.88 bits per heavy atom. The number of carbonyl (C=O) groups is 2. The Balaban J connectivity index is 2.86. The van der Waals surface area contributed by atoms with Gasteiger partial charge in [-0.25, -0.2) is 17.9 Å². The Labute approximate surface area is 142 Å². The summed E-state index contributed by atoms with van der Waals surface area (Å²) in [5.41, 5.74) is -0.732. The number of aromatic nitrogens is 1. The van der Waals surface area contributed by atoms with Crippen molar-refractivity contribution < 1.29 is 22.7 Å². The van der Waals surface area contributed by atoms with Crippen molar-refractivity contribution in [2.45, 2.75) is 51.2 Å². The quantitative estimate of drug-likeness (QED) is 0.824. The Hall–Kier alpha value is -2.16. The molecule has 24 heavy (non-hydrogen) atoms. The number of alkyl carbamates (subject to hydrolysis) is 1. The van der Waals surface area contributed by atoms with Gasteiger partial charge in [0.15, 0.2) is 0 Å². The Kier molecular flexibility index (Phi) is 6.30. The normalized spacial score (nSPS) is 13.2. The zero-order valence-electron chi connectivity index (χ0n) is 14.4. The minimum absolute atomic E-state index is 0.141. The fraction of sp³-hybridized carbons (Fsp3) is 0.533. The first-order valence-electron chi connectivity index (χ1n) is 7.38. The molecule has 9 heteroatoms. The van der Waals surface area contributed by atoms with E-state index in [1.165, 1.54) is 18.3 Å². The van der Waals surface area contributed by atoms with Crippen LogP contribution in [0.5, 0.6) is 0 Å². The van der Waals surface area contributed by atoms with E-state index in [0.29, 0.717) is 0 Å². The third-order valence-corrected chi connectivity index (χ3v) is 4.13. The maximum Gasteiger partial charge on any atom is 0.408 e. The van der Waals surface area contributed by atoms with E-state index in [9.17, 15) is 18.0 Å². The molecular weight excluding hydrogens is 334 g/mol. The molecule has 0 aliphatic heterocycles. The number of hydrogen-bond donors (Lipinski definition) is 2. The van der Waals surface area contributed by atoms with Crippen molar-refractivity contribution in [3.8, 4) is 0 Å². The van der Waals surface area contributed by atoms with Crippen LogP contribution >= 0.6 is 0 Å². The number of pyridine rings is 1. The third kappa shape index (κ3) is 6.15. The molecule has 1 unspecified atom stereocenters. The summed E-state index contributed by atoms with van der Waals surface area (Å²) in [5.74, 6) is -1.19. The lowest BCUT2D eigenvalue weighted by Gasteiger charge is -2.25. The van der Waals surface area contributed by atoms with Gasteiger partial charge in [-0.1, -0.05) is 13.8 Å². The predicted molar refractivity (Wildman–Crippen MR) is 87.6 cm³/mol. The van der Waals surface area contributed by atoms with Crippen molar-refractivity contribution >= 4 is 22.0 Å². The van der Waals surface area contributed by atoms with Gasteiger partial charge in [0.05, 0.1) is 0 Å². The molecule has 0 saturated heterocycles. The number of rotatable bonds is 5. The molecule has 0 saturated carbocycles. The van der Waals surface area contributed by atoms with Gasteiger partial charge in [-0.15, -0.1) is 0 Å². The highest BCUT2D eigenvalue weighted by Gasteiger charge is 2.30. The highest BCUT2D eigenvalue weighted by Crippen LogP contribution is 2.10. The van der Waals surface area contributed by atoms with E-state index in [2.05, 4.69) is 10.3 Å². The Morgan fingerprint density at radius 1 is 1.25 bits per heavy atom. The van der Waals surface area contributed by atoms with Crippen LogP contribution in [0.25, 0.3) is 0 Å². The molecule has 2 amide bonds. The SMILES string of the molecule is CC(C)C(NC(=O)OC(C)(C)C)C(=O)NS(=O)(=O)c1cccnc1. The molecule has 8 nitrogen and oxygen atoms in total. The highest BCUT2D eigenvalue weighted by molar-refractivity contribution is 7.90. The van der Waals surface area contributed by atoms with Crippen LogP contribution in [0.2, 0.25) is 0 Å². The smallest absolute Gasteiger partial charge is 0.408 e. The summed E-state index contributed by atoms with van der Waals surface area (Å²) >= 11 is 0. The summed E-state index contributed by atoms with van der Waals surface area (Å²) in [6, 6.07) is 1.69. The summed E-state index contributed by atoms with van der Waals surface area (Å²) in [6.45, 7) is 8.41.